The lowest BCUT2D eigenvalue weighted by molar-refractivity contribution is -0.153. The molecule has 2 atom stereocenters. The molecule has 1 saturated carbocycles. The first-order valence-corrected chi connectivity index (χ1v) is 5.66. The largest absolute Gasteiger partial charge is 0.481 e. The lowest BCUT2D eigenvalue weighted by atomic mass is 9.75. The summed E-state index contributed by atoms with van der Waals surface area (Å²) in [5.74, 6) is -0.188. The zero-order chi connectivity index (χ0) is 10.9. The zero-order valence-electron chi connectivity index (χ0n) is 8.95. The summed E-state index contributed by atoms with van der Waals surface area (Å²) in [5, 5.41) is 9.42. The van der Waals surface area contributed by atoms with E-state index in [4.69, 9.17) is 4.74 Å². The van der Waals surface area contributed by atoms with Crippen molar-refractivity contribution in [3.8, 4) is 0 Å². The molecule has 0 amide bonds. The van der Waals surface area contributed by atoms with Gasteiger partial charge in [0.05, 0.1) is 11.5 Å². The Labute approximate surface area is 90.1 Å². The van der Waals surface area contributed by atoms with Crippen LogP contribution >= 0.6 is 0 Å². The van der Waals surface area contributed by atoms with Gasteiger partial charge in [-0.2, -0.15) is 0 Å². The van der Waals surface area contributed by atoms with Gasteiger partial charge in [0, 0.05) is 6.61 Å². The number of rotatable bonds is 5. The fourth-order valence-electron chi connectivity index (χ4n) is 2.62. The molecule has 1 saturated heterocycles. The number of allylic oxidation sites excluding steroid dienone is 1. The van der Waals surface area contributed by atoms with Crippen molar-refractivity contribution >= 4 is 5.97 Å². The Morgan fingerprint density at radius 1 is 1.60 bits per heavy atom. The maximum absolute atomic E-state index is 11.5. The summed E-state index contributed by atoms with van der Waals surface area (Å²) in [7, 11) is 0. The van der Waals surface area contributed by atoms with Crippen LogP contribution in [-0.2, 0) is 9.53 Å². The van der Waals surface area contributed by atoms with Crippen LogP contribution in [0.2, 0.25) is 0 Å². The lowest BCUT2D eigenvalue weighted by Gasteiger charge is -2.29. The molecule has 3 nitrogen and oxygen atoms in total. The maximum Gasteiger partial charge on any atom is 0.312 e. The third-order valence-electron chi connectivity index (χ3n) is 3.66. The number of aliphatic carboxylic acids is 1. The van der Waals surface area contributed by atoms with Gasteiger partial charge >= 0.3 is 5.97 Å². The molecule has 0 aromatic heterocycles. The van der Waals surface area contributed by atoms with Crippen LogP contribution in [0.1, 0.15) is 32.1 Å². The third-order valence-corrected chi connectivity index (χ3v) is 3.66. The highest BCUT2D eigenvalue weighted by Crippen LogP contribution is 2.50. The van der Waals surface area contributed by atoms with Gasteiger partial charge in [0.15, 0.2) is 0 Å². The first-order valence-electron chi connectivity index (χ1n) is 5.66. The fourth-order valence-corrected chi connectivity index (χ4v) is 2.62. The maximum atomic E-state index is 11.5. The standard InChI is InChI=1S/C12H18O3/c1-2-3-6-12(11(13)14)7-8-15-10(12)9-4-5-9/h2,9-10H,1,3-8H2,(H,13,14). The van der Waals surface area contributed by atoms with Gasteiger partial charge in [-0.1, -0.05) is 6.08 Å². The van der Waals surface area contributed by atoms with Crippen molar-refractivity contribution in [2.45, 2.75) is 38.2 Å². The van der Waals surface area contributed by atoms with E-state index < -0.39 is 11.4 Å². The normalized spacial score (nSPS) is 35.3. The Hall–Kier alpha value is -0.830. The molecule has 84 valence electrons. The minimum absolute atomic E-state index is 0.0463. The molecule has 2 fully saturated rings. The first-order chi connectivity index (χ1) is 7.20. The average Bonchev–Trinajstić information content (AvgIpc) is 2.96. The second kappa shape index (κ2) is 3.97. The molecular weight excluding hydrogens is 192 g/mol. The smallest absolute Gasteiger partial charge is 0.312 e. The van der Waals surface area contributed by atoms with Crippen LogP contribution in [0.3, 0.4) is 0 Å². The molecule has 2 unspecified atom stereocenters. The van der Waals surface area contributed by atoms with E-state index in [0.29, 0.717) is 25.4 Å². The summed E-state index contributed by atoms with van der Waals surface area (Å²) in [6.07, 6.45) is 6.12. The Morgan fingerprint density at radius 2 is 2.33 bits per heavy atom. The SMILES string of the molecule is C=CCCC1(C(=O)O)CCOC1C1CC1. The highest BCUT2D eigenvalue weighted by atomic mass is 16.5. The minimum Gasteiger partial charge on any atom is -0.481 e. The molecule has 1 N–H and O–H groups in total. The molecule has 0 aromatic carbocycles. The van der Waals surface area contributed by atoms with E-state index in [2.05, 4.69) is 6.58 Å². The van der Waals surface area contributed by atoms with E-state index in [0.717, 1.165) is 19.3 Å². The molecule has 15 heavy (non-hydrogen) atoms. The summed E-state index contributed by atoms with van der Waals surface area (Å²) in [6, 6.07) is 0. The number of hydrogen-bond donors (Lipinski definition) is 1. The Bertz CT molecular complexity index is 270. The zero-order valence-corrected chi connectivity index (χ0v) is 8.95. The second-order valence-corrected chi connectivity index (χ2v) is 4.67. The Balaban J connectivity index is 2.14. The molecule has 1 aliphatic carbocycles. The van der Waals surface area contributed by atoms with Crippen molar-refractivity contribution in [1.82, 2.24) is 0 Å². The predicted molar refractivity (Wildman–Crippen MR) is 56.6 cm³/mol. The topological polar surface area (TPSA) is 46.5 Å². The average molecular weight is 210 g/mol. The van der Waals surface area contributed by atoms with Gasteiger partial charge in [-0.25, -0.2) is 0 Å². The molecule has 1 aliphatic heterocycles. The van der Waals surface area contributed by atoms with E-state index in [1.54, 1.807) is 6.08 Å². The van der Waals surface area contributed by atoms with Crippen LogP contribution < -0.4 is 0 Å². The van der Waals surface area contributed by atoms with E-state index >= 15 is 0 Å². The van der Waals surface area contributed by atoms with Crippen LogP contribution in [0, 0.1) is 11.3 Å². The highest BCUT2D eigenvalue weighted by molar-refractivity contribution is 5.76. The second-order valence-electron chi connectivity index (χ2n) is 4.67. The van der Waals surface area contributed by atoms with Crippen molar-refractivity contribution in [3.05, 3.63) is 12.7 Å². The van der Waals surface area contributed by atoms with E-state index in [-0.39, 0.29) is 6.10 Å². The molecule has 2 rings (SSSR count). The van der Waals surface area contributed by atoms with Gasteiger partial charge in [-0.15, -0.1) is 6.58 Å². The van der Waals surface area contributed by atoms with Crippen molar-refractivity contribution in [3.63, 3.8) is 0 Å². The first kappa shape index (κ1) is 10.7. The molecule has 0 bridgehead atoms. The molecule has 2 aliphatic rings. The van der Waals surface area contributed by atoms with Gasteiger partial charge in [0.25, 0.3) is 0 Å². The number of carbonyl (C=O) groups is 1. The molecular formula is C12H18O3. The van der Waals surface area contributed by atoms with E-state index in [9.17, 15) is 9.90 Å². The summed E-state index contributed by atoms with van der Waals surface area (Å²) < 4.78 is 5.64. The van der Waals surface area contributed by atoms with E-state index in [1.807, 2.05) is 0 Å². The summed E-state index contributed by atoms with van der Waals surface area (Å²) in [5.41, 5.74) is -0.630. The summed E-state index contributed by atoms with van der Waals surface area (Å²) in [6.45, 7) is 4.27. The van der Waals surface area contributed by atoms with Crippen LogP contribution in [0.4, 0.5) is 0 Å². The van der Waals surface area contributed by atoms with Crippen LogP contribution in [0.5, 0.6) is 0 Å². The molecule has 3 heteroatoms. The van der Waals surface area contributed by atoms with Crippen molar-refractivity contribution < 1.29 is 14.6 Å². The molecule has 1 heterocycles. The number of hydrogen-bond acceptors (Lipinski definition) is 2. The van der Waals surface area contributed by atoms with Crippen LogP contribution in [-0.4, -0.2) is 23.8 Å². The highest BCUT2D eigenvalue weighted by Gasteiger charge is 2.55. The molecule has 0 spiro atoms. The third kappa shape index (κ3) is 1.81. The van der Waals surface area contributed by atoms with Crippen LogP contribution in [0.15, 0.2) is 12.7 Å². The number of ether oxygens (including phenoxy) is 1. The predicted octanol–water partition coefficient (Wildman–Crippen LogP) is 2.22. The van der Waals surface area contributed by atoms with Gasteiger partial charge < -0.3 is 9.84 Å². The molecule has 0 aromatic rings. The monoisotopic (exact) mass is 210 g/mol. The van der Waals surface area contributed by atoms with Gasteiger partial charge in [0.1, 0.15) is 0 Å². The Kier molecular flexibility index (Phi) is 2.83. The quantitative estimate of drug-likeness (QED) is 0.708. The molecule has 0 radical (unpaired) electrons. The van der Waals surface area contributed by atoms with Crippen LogP contribution in [0.25, 0.3) is 0 Å². The van der Waals surface area contributed by atoms with Crippen molar-refractivity contribution in [2.24, 2.45) is 11.3 Å². The van der Waals surface area contributed by atoms with Gasteiger partial charge in [-0.05, 0) is 38.0 Å². The van der Waals surface area contributed by atoms with Crippen molar-refractivity contribution in [2.75, 3.05) is 6.61 Å². The van der Waals surface area contributed by atoms with Crippen molar-refractivity contribution in [1.29, 1.82) is 0 Å². The van der Waals surface area contributed by atoms with E-state index in [1.165, 1.54) is 0 Å². The summed E-state index contributed by atoms with van der Waals surface area (Å²) in [4.78, 5) is 11.5. The number of carboxylic acids is 1. The van der Waals surface area contributed by atoms with Gasteiger partial charge in [0.2, 0.25) is 0 Å². The van der Waals surface area contributed by atoms with Gasteiger partial charge in [-0.3, -0.25) is 4.79 Å². The minimum atomic E-state index is -0.682. The Morgan fingerprint density at radius 3 is 2.87 bits per heavy atom. The fraction of sp³-hybridized carbons (Fsp3) is 0.750. The summed E-state index contributed by atoms with van der Waals surface area (Å²) >= 11 is 0. The lowest BCUT2D eigenvalue weighted by Crippen LogP contribution is -2.40. The number of carboxylic acid groups (broad SMARTS) is 1.